The summed E-state index contributed by atoms with van der Waals surface area (Å²) in [5.74, 6) is -0.564. The lowest BCUT2D eigenvalue weighted by Gasteiger charge is -2.20. The van der Waals surface area contributed by atoms with E-state index in [0.717, 1.165) is 6.07 Å². The van der Waals surface area contributed by atoms with Gasteiger partial charge in [0.15, 0.2) is 0 Å². The maximum absolute atomic E-state index is 13.3. The number of sulfonamides is 1. The van der Waals surface area contributed by atoms with Gasteiger partial charge in [-0.15, -0.1) is 0 Å². The molecule has 1 rings (SSSR count). The molecule has 1 aromatic carbocycles. The summed E-state index contributed by atoms with van der Waals surface area (Å²) in [7, 11) is 1.73. The first-order chi connectivity index (χ1) is 9.27. The monoisotopic (exact) mass is 303 g/mol. The molecule has 0 amide bonds. The van der Waals surface area contributed by atoms with Gasteiger partial charge < -0.3 is 10.2 Å². The molecule has 7 heteroatoms. The molecule has 0 aliphatic rings. The first-order valence-corrected chi connectivity index (χ1v) is 7.85. The molecule has 0 bridgehead atoms. The van der Waals surface area contributed by atoms with Crippen LogP contribution < -0.4 is 10.0 Å². The van der Waals surface area contributed by atoms with Crippen LogP contribution in [0.15, 0.2) is 23.1 Å². The van der Waals surface area contributed by atoms with Gasteiger partial charge in [-0.2, -0.15) is 0 Å². The number of rotatable bonds is 7. The summed E-state index contributed by atoms with van der Waals surface area (Å²) < 4.78 is 40.4. The van der Waals surface area contributed by atoms with Crippen LogP contribution in [0.3, 0.4) is 0 Å². The van der Waals surface area contributed by atoms with Crippen molar-refractivity contribution in [3.05, 3.63) is 29.6 Å². The molecule has 0 radical (unpaired) electrons. The summed E-state index contributed by atoms with van der Waals surface area (Å²) in [5, 5.41) is 2.88. The van der Waals surface area contributed by atoms with Crippen molar-refractivity contribution in [3.8, 4) is 0 Å². The number of hydrogen-bond donors (Lipinski definition) is 2. The summed E-state index contributed by atoms with van der Waals surface area (Å²) in [6.45, 7) is 2.53. The van der Waals surface area contributed by atoms with Crippen molar-refractivity contribution in [3.63, 3.8) is 0 Å². The molecule has 0 aliphatic carbocycles. The van der Waals surface area contributed by atoms with Gasteiger partial charge >= 0.3 is 0 Å². The molecule has 0 aliphatic heterocycles. The lowest BCUT2D eigenvalue weighted by molar-refractivity contribution is 0.314. The molecule has 20 heavy (non-hydrogen) atoms. The second kappa shape index (κ2) is 7.12. The number of nitrogens with one attached hydrogen (secondary N) is 2. The fraction of sp³-hybridized carbons (Fsp3) is 0.538. The Morgan fingerprint density at radius 2 is 2.00 bits per heavy atom. The van der Waals surface area contributed by atoms with Gasteiger partial charge in [0.1, 0.15) is 5.82 Å². The first kappa shape index (κ1) is 17.0. The second-order valence-corrected chi connectivity index (χ2v) is 6.68. The predicted molar refractivity (Wildman–Crippen MR) is 77.5 cm³/mol. The van der Waals surface area contributed by atoms with Gasteiger partial charge in [0.25, 0.3) is 0 Å². The quantitative estimate of drug-likeness (QED) is 0.781. The maximum atomic E-state index is 13.3. The van der Waals surface area contributed by atoms with Crippen LogP contribution in [0.1, 0.15) is 12.5 Å². The van der Waals surface area contributed by atoms with Crippen LogP contribution in [-0.4, -0.2) is 47.0 Å². The normalized spacial score (nSPS) is 13.7. The maximum Gasteiger partial charge on any atom is 0.241 e. The average Bonchev–Trinajstić information content (AvgIpc) is 2.38. The first-order valence-electron chi connectivity index (χ1n) is 6.37. The highest BCUT2D eigenvalue weighted by atomic mass is 32.2. The van der Waals surface area contributed by atoms with Crippen LogP contribution in [0, 0.1) is 5.82 Å². The van der Waals surface area contributed by atoms with E-state index < -0.39 is 15.8 Å². The van der Waals surface area contributed by atoms with Crippen LogP contribution in [0.5, 0.6) is 0 Å². The van der Waals surface area contributed by atoms with Crippen molar-refractivity contribution in [2.75, 3.05) is 27.7 Å². The van der Waals surface area contributed by atoms with E-state index in [2.05, 4.69) is 10.0 Å². The molecule has 0 saturated carbocycles. The number of likely N-dealkylation sites (N-methyl/N-ethyl adjacent to an activating group) is 1. The van der Waals surface area contributed by atoms with E-state index in [1.807, 2.05) is 25.9 Å². The van der Waals surface area contributed by atoms with Crippen LogP contribution in [-0.2, 0) is 16.6 Å². The fourth-order valence-corrected chi connectivity index (χ4v) is 2.97. The lowest BCUT2D eigenvalue weighted by atomic mass is 10.2. The number of hydrogen-bond acceptors (Lipinski definition) is 4. The predicted octanol–water partition coefficient (Wildman–Crippen LogP) is 0.774. The zero-order valence-electron chi connectivity index (χ0n) is 12.3. The van der Waals surface area contributed by atoms with Crippen LogP contribution in [0.25, 0.3) is 0 Å². The molecular formula is C13H22FN3O2S. The summed E-state index contributed by atoms with van der Waals surface area (Å²) in [6.07, 6.45) is 0. The van der Waals surface area contributed by atoms with Crippen molar-refractivity contribution in [2.45, 2.75) is 24.4 Å². The largest absolute Gasteiger partial charge is 0.316 e. The van der Waals surface area contributed by atoms with E-state index in [0.29, 0.717) is 12.1 Å². The molecule has 0 fully saturated rings. The van der Waals surface area contributed by atoms with Crippen molar-refractivity contribution in [1.29, 1.82) is 0 Å². The Kier molecular flexibility index (Phi) is 6.07. The van der Waals surface area contributed by atoms with Gasteiger partial charge in [0, 0.05) is 19.1 Å². The fourth-order valence-electron chi connectivity index (χ4n) is 1.61. The third kappa shape index (κ3) is 4.52. The zero-order chi connectivity index (χ0) is 15.3. The summed E-state index contributed by atoms with van der Waals surface area (Å²) in [5.41, 5.74) is 0.541. The Labute approximate surface area is 120 Å². The molecule has 5 nitrogen and oxygen atoms in total. The highest BCUT2D eigenvalue weighted by Gasteiger charge is 2.20. The van der Waals surface area contributed by atoms with Crippen molar-refractivity contribution < 1.29 is 12.8 Å². The molecule has 1 unspecified atom stereocenters. The molecule has 2 N–H and O–H groups in total. The Balaban J connectivity index is 2.99. The average molecular weight is 303 g/mol. The third-order valence-corrected chi connectivity index (χ3v) is 4.64. The van der Waals surface area contributed by atoms with E-state index in [1.165, 1.54) is 12.1 Å². The van der Waals surface area contributed by atoms with E-state index in [9.17, 15) is 12.8 Å². The minimum absolute atomic E-state index is 0.0159. The second-order valence-electron chi connectivity index (χ2n) is 4.95. The van der Waals surface area contributed by atoms with E-state index in [4.69, 9.17) is 0 Å². The van der Waals surface area contributed by atoms with Crippen LogP contribution >= 0.6 is 0 Å². The highest BCUT2D eigenvalue weighted by Crippen LogP contribution is 2.17. The van der Waals surface area contributed by atoms with E-state index in [1.54, 1.807) is 7.05 Å². The molecular weight excluding hydrogens is 281 g/mol. The SMILES string of the molecule is CNCc1ccc(F)cc1S(=O)(=O)NCC(C)N(C)C. The smallest absolute Gasteiger partial charge is 0.241 e. The van der Waals surface area contributed by atoms with Gasteiger partial charge in [-0.1, -0.05) is 6.07 Å². The van der Waals surface area contributed by atoms with Gasteiger partial charge in [0.2, 0.25) is 10.0 Å². The molecule has 0 saturated heterocycles. The molecule has 1 atom stereocenters. The van der Waals surface area contributed by atoms with E-state index >= 15 is 0 Å². The van der Waals surface area contributed by atoms with Crippen molar-refractivity contribution >= 4 is 10.0 Å². The summed E-state index contributed by atoms with van der Waals surface area (Å²) in [6, 6.07) is 3.84. The number of halogens is 1. The number of nitrogens with zero attached hydrogens (tertiary/aromatic N) is 1. The topological polar surface area (TPSA) is 61.4 Å². The summed E-state index contributed by atoms with van der Waals surface area (Å²) >= 11 is 0. The van der Waals surface area contributed by atoms with Gasteiger partial charge in [-0.3, -0.25) is 0 Å². The minimum Gasteiger partial charge on any atom is -0.316 e. The molecule has 0 spiro atoms. The zero-order valence-corrected chi connectivity index (χ0v) is 13.1. The Bertz CT molecular complexity index is 547. The van der Waals surface area contributed by atoms with Crippen molar-refractivity contribution in [2.24, 2.45) is 0 Å². The standard InChI is InChI=1S/C13H22FN3O2S/c1-10(17(3)4)8-16-20(18,19)13-7-12(14)6-5-11(13)9-15-2/h5-7,10,15-16H,8-9H2,1-4H3. The summed E-state index contributed by atoms with van der Waals surface area (Å²) in [4.78, 5) is 1.89. The van der Waals surface area contributed by atoms with Gasteiger partial charge in [-0.25, -0.2) is 17.5 Å². The molecule has 1 aromatic rings. The van der Waals surface area contributed by atoms with Gasteiger partial charge in [-0.05, 0) is 45.8 Å². The van der Waals surface area contributed by atoms with Crippen molar-refractivity contribution in [1.82, 2.24) is 14.9 Å². The van der Waals surface area contributed by atoms with Crippen LogP contribution in [0.2, 0.25) is 0 Å². The Morgan fingerprint density at radius 3 is 2.55 bits per heavy atom. The molecule has 0 aromatic heterocycles. The Morgan fingerprint density at radius 1 is 1.35 bits per heavy atom. The number of benzene rings is 1. The van der Waals surface area contributed by atoms with E-state index in [-0.39, 0.29) is 17.5 Å². The third-order valence-electron chi connectivity index (χ3n) is 3.14. The van der Waals surface area contributed by atoms with Crippen LogP contribution in [0.4, 0.5) is 4.39 Å². The Hall–Kier alpha value is -1.02. The van der Waals surface area contributed by atoms with Gasteiger partial charge in [0.05, 0.1) is 4.90 Å². The lowest BCUT2D eigenvalue weighted by Crippen LogP contribution is -2.38. The minimum atomic E-state index is -3.72. The molecule has 114 valence electrons. The molecule has 0 heterocycles. The highest BCUT2D eigenvalue weighted by molar-refractivity contribution is 7.89.